The van der Waals surface area contributed by atoms with Crippen LogP contribution < -0.4 is 4.74 Å². The van der Waals surface area contributed by atoms with E-state index in [2.05, 4.69) is 11.5 Å². The number of ether oxygens (including phenoxy) is 2. The number of hydrogen-bond donors (Lipinski definition) is 2. The fourth-order valence-electron chi connectivity index (χ4n) is 2.38. The minimum absolute atomic E-state index is 0.276. The Labute approximate surface area is 158 Å². The third-order valence-electron chi connectivity index (χ3n) is 3.73. The molecule has 0 atom stereocenters. The SMILES string of the molecule is C=CCOc1ccc(C(=O)OCCN2CCCCC2)cc1.O=C(O)C(=O)O. The largest absolute Gasteiger partial charge is 0.490 e. The van der Waals surface area contributed by atoms with Crippen LogP contribution >= 0.6 is 0 Å². The Morgan fingerprint density at radius 3 is 2.15 bits per heavy atom. The second-order valence-electron chi connectivity index (χ2n) is 5.77. The van der Waals surface area contributed by atoms with Crippen molar-refractivity contribution in [3.63, 3.8) is 0 Å². The van der Waals surface area contributed by atoms with E-state index in [-0.39, 0.29) is 5.97 Å². The predicted molar refractivity (Wildman–Crippen MR) is 98.0 cm³/mol. The number of carbonyl (C=O) groups excluding carboxylic acids is 1. The first kappa shape index (κ1) is 22.2. The molecule has 2 rings (SSSR count). The van der Waals surface area contributed by atoms with Crippen LogP contribution in [0.1, 0.15) is 29.6 Å². The molecule has 1 aromatic rings. The summed E-state index contributed by atoms with van der Waals surface area (Å²) in [6.45, 7) is 7.56. The number of esters is 1. The molecule has 0 spiro atoms. The Morgan fingerprint density at radius 2 is 1.63 bits per heavy atom. The number of carboxylic acids is 2. The molecular formula is C19H25NO7. The lowest BCUT2D eigenvalue weighted by Gasteiger charge is -2.25. The van der Waals surface area contributed by atoms with Crippen molar-refractivity contribution in [2.75, 3.05) is 32.8 Å². The number of nitrogens with zero attached hydrogens (tertiary/aromatic N) is 1. The first-order chi connectivity index (χ1) is 12.9. The van der Waals surface area contributed by atoms with Crippen LogP contribution in [0.25, 0.3) is 0 Å². The smallest absolute Gasteiger partial charge is 0.414 e. The van der Waals surface area contributed by atoms with Crippen LogP contribution in [0.5, 0.6) is 5.75 Å². The lowest BCUT2D eigenvalue weighted by Crippen LogP contribution is -2.33. The van der Waals surface area contributed by atoms with Crippen LogP contribution in [-0.4, -0.2) is 65.9 Å². The molecule has 148 valence electrons. The minimum Gasteiger partial charge on any atom is -0.490 e. The first-order valence-corrected chi connectivity index (χ1v) is 8.63. The zero-order valence-electron chi connectivity index (χ0n) is 15.1. The van der Waals surface area contributed by atoms with Crippen molar-refractivity contribution in [1.82, 2.24) is 4.90 Å². The number of benzene rings is 1. The summed E-state index contributed by atoms with van der Waals surface area (Å²) < 4.78 is 10.7. The summed E-state index contributed by atoms with van der Waals surface area (Å²) >= 11 is 0. The van der Waals surface area contributed by atoms with Crippen LogP contribution in [0.3, 0.4) is 0 Å². The van der Waals surface area contributed by atoms with E-state index >= 15 is 0 Å². The van der Waals surface area contributed by atoms with Gasteiger partial charge in [0.25, 0.3) is 0 Å². The molecule has 1 heterocycles. The van der Waals surface area contributed by atoms with E-state index in [4.69, 9.17) is 29.3 Å². The lowest BCUT2D eigenvalue weighted by molar-refractivity contribution is -0.159. The Morgan fingerprint density at radius 1 is 1.04 bits per heavy atom. The minimum atomic E-state index is -1.82. The van der Waals surface area contributed by atoms with Crippen LogP contribution in [0, 0.1) is 0 Å². The Kier molecular flexibility index (Phi) is 10.2. The van der Waals surface area contributed by atoms with Gasteiger partial charge in [-0.05, 0) is 50.2 Å². The number of carboxylic acid groups (broad SMARTS) is 2. The Bertz CT molecular complexity index is 609. The van der Waals surface area contributed by atoms with Gasteiger partial charge in [0, 0.05) is 6.54 Å². The molecule has 1 aliphatic rings. The Balaban J connectivity index is 0.000000527. The molecule has 1 saturated heterocycles. The molecule has 0 aliphatic carbocycles. The fourth-order valence-corrected chi connectivity index (χ4v) is 2.38. The molecule has 1 aliphatic heterocycles. The zero-order chi connectivity index (χ0) is 20.1. The highest BCUT2D eigenvalue weighted by Gasteiger charge is 2.11. The zero-order valence-corrected chi connectivity index (χ0v) is 15.1. The van der Waals surface area contributed by atoms with E-state index in [1.807, 2.05) is 0 Å². The second kappa shape index (κ2) is 12.5. The van der Waals surface area contributed by atoms with Crippen LogP contribution in [0.2, 0.25) is 0 Å². The number of aliphatic carboxylic acids is 2. The van der Waals surface area contributed by atoms with Gasteiger partial charge < -0.3 is 19.7 Å². The molecule has 0 amide bonds. The van der Waals surface area contributed by atoms with E-state index in [0.717, 1.165) is 25.4 Å². The summed E-state index contributed by atoms with van der Waals surface area (Å²) in [4.78, 5) is 32.5. The summed E-state index contributed by atoms with van der Waals surface area (Å²) in [7, 11) is 0. The number of piperidine rings is 1. The number of carbonyl (C=O) groups is 3. The van der Waals surface area contributed by atoms with Gasteiger partial charge in [-0.25, -0.2) is 14.4 Å². The molecule has 8 nitrogen and oxygen atoms in total. The monoisotopic (exact) mass is 379 g/mol. The van der Waals surface area contributed by atoms with Gasteiger partial charge in [-0.15, -0.1) is 0 Å². The van der Waals surface area contributed by atoms with Gasteiger partial charge in [0.1, 0.15) is 19.0 Å². The van der Waals surface area contributed by atoms with E-state index in [9.17, 15) is 4.79 Å². The van der Waals surface area contributed by atoms with Gasteiger partial charge in [0.15, 0.2) is 0 Å². The molecule has 0 saturated carbocycles. The summed E-state index contributed by atoms with van der Waals surface area (Å²) in [5, 5.41) is 14.8. The molecule has 2 N–H and O–H groups in total. The van der Waals surface area contributed by atoms with Gasteiger partial charge in [0.05, 0.1) is 5.56 Å². The summed E-state index contributed by atoms with van der Waals surface area (Å²) in [6.07, 6.45) is 5.50. The average molecular weight is 379 g/mol. The maximum Gasteiger partial charge on any atom is 0.414 e. The molecule has 27 heavy (non-hydrogen) atoms. The lowest BCUT2D eigenvalue weighted by atomic mass is 10.1. The molecule has 0 unspecified atom stereocenters. The average Bonchev–Trinajstić information content (AvgIpc) is 2.68. The standard InChI is InChI=1S/C17H23NO3.C2H2O4/c1-2-13-20-16-8-6-15(7-9-16)17(19)21-14-12-18-10-4-3-5-11-18;3-1(4)2(5)6/h2,6-9H,1,3-5,10-14H2;(H,3,4)(H,5,6). The second-order valence-corrected chi connectivity index (χ2v) is 5.77. The molecular weight excluding hydrogens is 354 g/mol. The molecule has 0 radical (unpaired) electrons. The quantitative estimate of drug-likeness (QED) is 0.420. The third kappa shape index (κ3) is 9.41. The van der Waals surface area contributed by atoms with Crippen molar-refractivity contribution in [2.45, 2.75) is 19.3 Å². The highest BCUT2D eigenvalue weighted by atomic mass is 16.5. The van der Waals surface area contributed by atoms with Crippen molar-refractivity contribution < 1.29 is 34.1 Å². The normalized spacial score (nSPS) is 13.6. The highest BCUT2D eigenvalue weighted by molar-refractivity contribution is 6.27. The first-order valence-electron chi connectivity index (χ1n) is 8.63. The van der Waals surface area contributed by atoms with Gasteiger partial charge in [-0.2, -0.15) is 0 Å². The molecule has 1 fully saturated rings. The molecule has 1 aromatic carbocycles. The van der Waals surface area contributed by atoms with E-state index in [0.29, 0.717) is 18.8 Å². The Hall–Kier alpha value is -2.87. The van der Waals surface area contributed by atoms with E-state index < -0.39 is 11.9 Å². The van der Waals surface area contributed by atoms with Gasteiger partial charge in [-0.1, -0.05) is 19.1 Å². The van der Waals surface area contributed by atoms with Crippen molar-refractivity contribution in [1.29, 1.82) is 0 Å². The number of likely N-dealkylation sites (tertiary alicyclic amines) is 1. The number of hydrogen-bond acceptors (Lipinski definition) is 6. The topological polar surface area (TPSA) is 113 Å². The summed E-state index contributed by atoms with van der Waals surface area (Å²) in [5.41, 5.74) is 0.555. The molecule has 0 aromatic heterocycles. The van der Waals surface area contributed by atoms with Crippen LogP contribution in [-0.2, 0) is 14.3 Å². The summed E-state index contributed by atoms with van der Waals surface area (Å²) in [5.74, 6) is -3.20. The van der Waals surface area contributed by atoms with Crippen molar-refractivity contribution in [2.24, 2.45) is 0 Å². The molecule has 0 bridgehead atoms. The summed E-state index contributed by atoms with van der Waals surface area (Å²) in [6, 6.07) is 6.98. The van der Waals surface area contributed by atoms with E-state index in [1.54, 1.807) is 30.3 Å². The fraction of sp³-hybridized carbons (Fsp3) is 0.421. The maximum atomic E-state index is 11.9. The van der Waals surface area contributed by atoms with Crippen LogP contribution in [0.4, 0.5) is 0 Å². The van der Waals surface area contributed by atoms with Crippen molar-refractivity contribution in [3.05, 3.63) is 42.5 Å². The van der Waals surface area contributed by atoms with E-state index in [1.165, 1.54) is 19.3 Å². The van der Waals surface area contributed by atoms with Crippen molar-refractivity contribution >= 4 is 17.9 Å². The third-order valence-corrected chi connectivity index (χ3v) is 3.73. The van der Waals surface area contributed by atoms with Crippen LogP contribution in [0.15, 0.2) is 36.9 Å². The highest BCUT2D eigenvalue weighted by Crippen LogP contribution is 2.13. The van der Waals surface area contributed by atoms with Gasteiger partial charge in [0.2, 0.25) is 0 Å². The van der Waals surface area contributed by atoms with Gasteiger partial charge in [-0.3, -0.25) is 4.90 Å². The predicted octanol–water partition coefficient (Wildman–Crippen LogP) is 2.05. The number of rotatable bonds is 7. The van der Waals surface area contributed by atoms with Gasteiger partial charge >= 0.3 is 17.9 Å². The maximum absolute atomic E-state index is 11.9. The molecule has 8 heteroatoms. The van der Waals surface area contributed by atoms with Crippen molar-refractivity contribution in [3.8, 4) is 5.75 Å².